The van der Waals surface area contributed by atoms with Gasteiger partial charge in [-0.25, -0.2) is 0 Å². The lowest BCUT2D eigenvalue weighted by atomic mass is 9.42. The van der Waals surface area contributed by atoms with E-state index in [1.165, 1.54) is 6.26 Å². The number of aliphatic hydroxyl groups excluding tert-OH is 4. The molecule has 9 atom stereocenters. The molecule has 1 aromatic heterocycles. The highest BCUT2D eigenvalue weighted by Crippen LogP contribution is 2.68. The summed E-state index contributed by atoms with van der Waals surface area (Å²) in [4.78, 5) is 0. The molecule has 0 amide bonds. The summed E-state index contributed by atoms with van der Waals surface area (Å²) in [5, 5.41) is 43.4. The first-order chi connectivity index (χ1) is 12.2. The highest BCUT2D eigenvalue weighted by Gasteiger charge is 2.76. The maximum Gasteiger partial charge on any atom is 0.126 e. The van der Waals surface area contributed by atoms with Gasteiger partial charge in [-0.05, 0) is 30.2 Å². The van der Waals surface area contributed by atoms with Crippen LogP contribution in [0.1, 0.15) is 51.7 Å². The fourth-order valence-electron chi connectivity index (χ4n) is 6.25. The average molecular weight is 366 g/mol. The number of furan rings is 1. The lowest BCUT2D eigenvalue weighted by molar-refractivity contribution is -0.249. The molecule has 0 aromatic carbocycles. The summed E-state index contributed by atoms with van der Waals surface area (Å²) in [6, 6.07) is 1.75. The molecule has 26 heavy (non-hydrogen) atoms. The highest BCUT2D eigenvalue weighted by atomic mass is 16.6. The van der Waals surface area contributed by atoms with Gasteiger partial charge in [-0.15, -0.1) is 0 Å². The van der Waals surface area contributed by atoms with Crippen LogP contribution < -0.4 is 0 Å². The third-order valence-electron chi connectivity index (χ3n) is 8.07. The molecule has 0 unspecified atom stereocenters. The van der Waals surface area contributed by atoms with Crippen molar-refractivity contribution < 1.29 is 29.6 Å². The molecular formula is C20H30O6. The van der Waals surface area contributed by atoms with Gasteiger partial charge in [0, 0.05) is 23.3 Å². The maximum atomic E-state index is 11.0. The van der Waals surface area contributed by atoms with Crippen LogP contribution >= 0.6 is 0 Å². The van der Waals surface area contributed by atoms with Crippen LogP contribution in [0.15, 0.2) is 23.0 Å². The molecular weight excluding hydrogens is 336 g/mol. The van der Waals surface area contributed by atoms with E-state index in [1.807, 2.05) is 6.92 Å². The largest absolute Gasteiger partial charge is 0.472 e. The van der Waals surface area contributed by atoms with Crippen molar-refractivity contribution in [1.82, 2.24) is 0 Å². The van der Waals surface area contributed by atoms with Crippen LogP contribution in [0.3, 0.4) is 0 Å². The zero-order valence-electron chi connectivity index (χ0n) is 15.6. The summed E-state index contributed by atoms with van der Waals surface area (Å²) >= 11 is 0. The maximum absolute atomic E-state index is 11.0. The number of aliphatic hydroxyl groups is 4. The Hall–Kier alpha value is -0.920. The molecule has 6 nitrogen and oxygen atoms in total. The minimum atomic E-state index is -0.793. The van der Waals surface area contributed by atoms with E-state index in [0.29, 0.717) is 25.0 Å². The number of hydrogen-bond acceptors (Lipinski definition) is 6. The second-order valence-electron chi connectivity index (χ2n) is 9.19. The first kappa shape index (κ1) is 18.4. The van der Waals surface area contributed by atoms with E-state index in [2.05, 4.69) is 13.8 Å². The van der Waals surface area contributed by atoms with Crippen molar-refractivity contribution in [3.63, 3.8) is 0 Å². The number of rotatable bonds is 3. The molecule has 2 heterocycles. The average Bonchev–Trinajstić information content (AvgIpc) is 3.19. The van der Waals surface area contributed by atoms with Gasteiger partial charge in [0.15, 0.2) is 0 Å². The summed E-state index contributed by atoms with van der Waals surface area (Å²) < 4.78 is 10.9. The van der Waals surface area contributed by atoms with Gasteiger partial charge < -0.3 is 29.6 Å². The Labute approximate surface area is 153 Å². The predicted molar refractivity (Wildman–Crippen MR) is 93.1 cm³/mol. The van der Waals surface area contributed by atoms with E-state index in [4.69, 9.17) is 9.15 Å². The zero-order valence-corrected chi connectivity index (χ0v) is 15.6. The van der Waals surface area contributed by atoms with Crippen LogP contribution in [-0.4, -0.2) is 50.9 Å². The molecule has 1 aliphatic heterocycles. The van der Waals surface area contributed by atoms with Gasteiger partial charge in [0.05, 0.1) is 43.5 Å². The van der Waals surface area contributed by atoms with E-state index >= 15 is 0 Å². The molecule has 1 saturated heterocycles. The highest BCUT2D eigenvalue weighted by molar-refractivity contribution is 5.24. The van der Waals surface area contributed by atoms with E-state index < -0.39 is 40.8 Å². The van der Waals surface area contributed by atoms with Crippen LogP contribution in [0.5, 0.6) is 0 Å². The molecule has 0 radical (unpaired) electrons. The monoisotopic (exact) mass is 366 g/mol. The van der Waals surface area contributed by atoms with Crippen molar-refractivity contribution in [1.29, 1.82) is 0 Å². The smallest absolute Gasteiger partial charge is 0.126 e. The summed E-state index contributed by atoms with van der Waals surface area (Å²) in [6.07, 6.45) is 1.38. The van der Waals surface area contributed by atoms with Gasteiger partial charge in [0.2, 0.25) is 0 Å². The van der Waals surface area contributed by atoms with Crippen molar-refractivity contribution >= 4 is 0 Å². The van der Waals surface area contributed by atoms with Crippen molar-refractivity contribution in [3.8, 4) is 0 Å². The summed E-state index contributed by atoms with van der Waals surface area (Å²) in [6.45, 7) is 6.50. The Morgan fingerprint density at radius 2 is 1.88 bits per heavy atom. The summed E-state index contributed by atoms with van der Waals surface area (Å²) in [7, 11) is 0. The molecule has 4 rings (SSSR count). The summed E-state index contributed by atoms with van der Waals surface area (Å²) in [5.41, 5.74) is -1.27. The van der Waals surface area contributed by atoms with Gasteiger partial charge in [-0.2, -0.15) is 0 Å². The molecule has 0 bridgehead atoms. The topological polar surface area (TPSA) is 107 Å². The minimum Gasteiger partial charge on any atom is -0.472 e. The third kappa shape index (κ3) is 2.23. The Morgan fingerprint density at radius 1 is 1.19 bits per heavy atom. The molecule has 3 aliphatic rings. The third-order valence-corrected chi connectivity index (χ3v) is 8.07. The van der Waals surface area contributed by atoms with Crippen LogP contribution in [-0.2, 0) is 4.74 Å². The zero-order chi connectivity index (χ0) is 18.9. The quantitative estimate of drug-likeness (QED) is 0.606. The number of hydrogen-bond donors (Lipinski definition) is 4. The van der Waals surface area contributed by atoms with E-state index in [-0.39, 0.29) is 18.3 Å². The fourth-order valence-corrected chi connectivity index (χ4v) is 6.25. The Bertz CT molecular complexity index is 655. The van der Waals surface area contributed by atoms with Crippen LogP contribution in [0.2, 0.25) is 0 Å². The SMILES string of the molecule is C[C@@H]1C[C@H](O)[C@]2(C)[C@H]([C@H](O)C[C@H](O)[C@]23CO3)[C@@]1(C)C[C@H](O)c1ccoc1. The predicted octanol–water partition coefficient (Wildman–Crippen LogP) is 1.63. The lowest BCUT2D eigenvalue weighted by Crippen LogP contribution is -2.70. The molecule has 146 valence electrons. The molecule has 1 spiro atoms. The van der Waals surface area contributed by atoms with Gasteiger partial charge in [-0.3, -0.25) is 0 Å². The Kier molecular flexibility index (Phi) is 4.11. The standard InChI is InChI=1S/C20H30O6/c1-11-6-15(23)19(3)17(13(21)7-16(24)20(19)10-26-20)18(11,2)8-14(22)12-4-5-25-9-12/h4-5,9,11,13-17,21-24H,6-8,10H2,1-3H3/t11-,13-,14+,15+,16+,17-,18+,19-,20-/m1/s1. The van der Waals surface area contributed by atoms with Gasteiger partial charge in [0.1, 0.15) is 5.60 Å². The second-order valence-corrected chi connectivity index (χ2v) is 9.19. The Morgan fingerprint density at radius 3 is 2.46 bits per heavy atom. The van der Waals surface area contributed by atoms with Crippen LogP contribution in [0.4, 0.5) is 0 Å². The molecule has 4 N–H and O–H groups in total. The van der Waals surface area contributed by atoms with Crippen LogP contribution in [0.25, 0.3) is 0 Å². The second kappa shape index (κ2) is 5.79. The number of ether oxygens (including phenoxy) is 1. The molecule has 2 aliphatic carbocycles. The van der Waals surface area contributed by atoms with E-state index in [0.717, 1.165) is 0 Å². The normalized spacial score (nSPS) is 51.9. The van der Waals surface area contributed by atoms with Crippen molar-refractivity contribution in [2.45, 2.75) is 70.1 Å². The van der Waals surface area contributed by atoms with Crippen LogP contribution in [0, 0.1) is 22.7 Å². The van der Waals surface area contributed by atoms with Crippen molar-refractivity contribution in [3.05, 3.63) is 24.2 Å². The molecule has 2 saturated carbocycles. The molecule has 3 fully saturated rings. The minimum absolute atomic E-state index is 0.0952. The van der Waals surface area contributed by atoms with E-state index in [1.54, 1.807) is 12.3 Å². The lowest BCUT2D eigenvalue weighted by Gasteiger charge is -2.64. The van der Waals surface area contributed by atoms with Crippen molar-refractivity contribution in [2.24, 2.45) is 22.7 Å². The van der Waals surface area contributed by atoms with Crippen molar-refractivity contribution in [2.75, 3.05) is 6.61 Å². The number of fused-ring (bicyclic) bond motifs is 2. The summed E-state index contributed by atoms with van der Waals surface area (Å²) in [5.74, 6) is -0.195. The first-order valence-electron chi connectivity index (χ1n) is 9.55. The fraction of sp³-hybridized carbons (Fsp3) is 0.800. The number of epoxide rings is 1. The molecule has 1 aromatic rings. The van der Waals surface area contributed by atoms with Gasteiger partial charge in [0.25, 0.3) is 0 Å². The first-order valence-corrected chi connectivity index (χ1v) is 9.55. The van der Waals surface area contributed by atoms with Gasteiger partial charge in [-0.1, -0.05) is 20.8 Å². The molecule has 6 heteroatoms. The Balaban J connectivity index is 1.74. The van der Waals surface area contributed by atoms with Gasteiger partial charge >= 0.3 is 0 Å². The van der Waals surface area contributed by atoms with E-state index in [9.17, 15) is 20.4 Å².